The second-order valence-electron chi connectivity index (χ2n) is 4.51. The molecular formula is C13H14N2S. The third-order valence-corrected chi connectivity index (χ3v) is 3.93. The summed E-state index contributed by atoms with van der Waals surface area (Å²) in [6.07, 6.45) is 4.32. The lowest BCUT2D eigenvalue weighted by Gasteiger charge is -2.17. The van der Waals surface area contributed by atoms with Crippen molar-refractivity contribution in [3.8, 4) is 0 Å². The summed E-state index contributed by atoms with van der Waals surface area (Å²) in [6.45, 7) is 3.25. The molecule has 0 amide bonds. The van der Waals surface area contributed by atoms with Crippen molar-refractivity contribution in [2.24, 2.45) is 10.9 Å². The van der Waals surface area contributed by atoms with Crippen LogP contribution in [-0.4, -0.2) is 16.6 Å². The first kappa shape index (κ1) is 9.97. The van der Waals surface area contributed by atoms with Gasteiger partial charge in [-0.1, -0.05) is 13.0 Å². The fourth-order valence-corrected chi connectivity index (χ4v) is 2.73. The summed E-state index contributed by atoms with van der Waals surface area (Å²) in [5.74, 6) is 0.746. The van der Waals surface area contributed by atoms with Crippen molar-refractivity contribution in [3.05, 3.63) is 30.0 Å². The van der Waals surface area contributed by atoms with Crippen LogP contribution in [0, 0.1) is 5.92 Å². The maximum absolute atomic E-state index is 4.67. The van der Waals surface area contributed by atoms with Crippen LogP contribution in [0.5, 0.6) is 0 Å². The molecule has 1 aliphatic rings. The minimum atomic E-state index is 0.746. The van der Waals surface area contributed by atoms with Crippen LogP contribution < -0.4 is 0 Å². The van der Waals surface area contributed by atoms with Gasteiger partial charge in [-0.05, 0) is 48.0 Å². The number of fused-ring (bicyclic) bond motifs is 1. The van der Waals surface area contributed by atoms with Crippen molar-refractivity contribution in [2.45, 2.75) is 19.8 Å². The molecule has 16 heavy (non-hydrogen) atoms. The molecule has 1 atom stereocenters. The Morgan fingerprint density at radius 3 is 3.12 bits per heavy atom. The van der Waals surface area contributed by atoms with E-state index < -0.39 is 0 Å². The number of benzene rings is 1. The van der Waals surface area contributed by atoms with Crippen molar-refractivity contribution in [2.75, 3.05) is 6.54 Å². The highest BCUT2D eigenvalue weighted by Crippen LogP contribution is 2.23. The Morgan fingerprint density at radius 1 is 1.38 bits per heavy atom. The zero-order chi connectivity index (χ0) is 11.0. The van der Waals surface area contributed by atoms with E-state index in [0.717, 1.165) is 18.9 Å². The highest BCUT2D eigenvalue weighted by Gasteiger charge is 2.13. The molecule has 3 rings (SSSR count). The van der Waals surface area contributed by atoms with Crippen molar-refractivity contribution in [3.63, 3.8) is 0 Å². The van der Waals surface area contributed by atoms with E-state index in [0.29, 0.717) is 0 Å². The van der Waals surface area contributed by atoms with E-state index in [4.69, 9.17) is 0 Å². The average molecular weight is 230 g/mol. The van der Waals surface area contributed by atoms with Crippen LogP contribution in [0.3, 0.4) is 0 Å². The van der Waals surface area contributed by atoms with Gasteiger partial charge in [0.05, 0.1) is 4.70 Å². The van der Waals surface area contributed by atoms with Crippen LogP contribution in [0.1, 0.15) is 25.3 Å². The number of aliphatic imine (C=N–C) groups is 1. The van der Waals surface area contributed by atoms with Crippen molar-refractivity contribution < 1.29 is 0 Å². The molecule has 1 unspecified atom stereocenters. The summed E-state index contributed by atoms with van der Waals surface area (Å²) in [5, 5.41) is 1.24. The molecule has 0 radical (unpaired) electrons. The van der Waals surface area contributed by atoms with Gasteiger partial charge in [-0.15, -0.1) is 0 Å². The molecule has 1 aliphatic heterocycles. The Labute approximate surface area is 99.2 Å². The lowest BCUT2D eigenvalue weighted by atomic mass is 9.95. The molecule has 0 aliphatic carbocycles. The second kappa shape index (κ2) is 3.98. The van der Waals surface area contributed by atoms with E-state index in [1.165, 1.54) is 27.8 Å². The zero-order valence-corrected chi connectivity index (χ0v) is 10.1. The standard InChI is InChI=1S/C13H14N2S/c1-9-2-4-12(14-7-9)10-3-5-13-11(6-10)8-15-16-13/h3,5-6,8-9H,2,4,7H2,1H3. The summed E-state index contributed by atoms with van der Waals surface area (Å²) in [5.41, 5.74) is 2.55. The number of rotatable bonds is 1. The maximum Gasteiger partial charge on any atom is 0.0550 e. The van der Waals surface area contributed by atoms with Gasteiger partial charge in [0.15, 0.2) is 0 Å². The van der Waals surface area contributed by atoms with Crippen molar-refractivity contribution >= 4 is 27.3 Å². The van der Waals surface area contributed by atoms with Gasteiger partial charge in [0.2, 0.25) is 0 Å². The van der Waals surface area contributed by atoms with Crippen LogP contribution in [-0.2, 0) is 0 Å². The van der Waals surface area contributed by atoms with E-state index >= 15 is 0 Å². The van der Waals surface area contributed by atoms with Crippen LogP contribution in [0.2, 0.25) is 0 Å². The molecule has 0 N–H and O–H groups in total. The van der Waals surface area contributed by atoms with Crippen LogP contribution in [0.25, 0.3) is 10.1 Å². The molecule has 82 valence electrons. The predicted molar refractivity (Wildman–Crippen MR) is 69.4 cm³/mol. The molecule has 0 saturated heterocycles. The molecule has 2 nitrogen and oxygen atoms in total. The summed E-state index contributed by atoms with van der Waals surface area (Å²) >= 11 is 1.55. The number of hydrogen-bond acceptors (Lipinski definition) is 3. The molecule has 0 spiro atoms. The topological polar surface area (TPSA) is 25.2 Å². The lowest BCUT2D eigenvalue weighted by molar-refractivity contribution is 0.538. The van der Waals surface area contributed by atoms with E-state index in [1.807, 2.05) is 6.20 Å². The SMILES string of the molecule is CC1CCC(c2ccc3sncc3c2)=NC1. The highest BCUT2D eigenvalue weighted by molar-refractivity contribution is 7.13. The van der Waals surface area contributed by atoms with E-state index in [1.54, 1.807) is 11.5 Å². The molecule has 1 aromatic heterocycles. The van der Waals surface area contributed by atoms with Crippen LogP contribution >= 0.6 is 11.5 Å². The Morgan fingerprint density at radius 2 is 2.31 bits per heavy atom. The van der Waals surface area contributed by atoms with E-state index in [-0.39, 0.29) is 0 Å². The van der Waals surface area contributed by atoms with Crippen LogP contribution in [0.4, 0.5) is 0 Å². The van der Waals surface area contributed by atoms with Gasteiger partial charge in [0.25, 0.3) is 0 Å². The van der Waals surface area contributed by atoms with E-state index in [2.05, 4.69) is 34.5 Å². The Balaban J connectivity index is 1.99. The van der Waals surface area contributed by atoms with Gasteiger partial charge in [0.1, 0.15) is 0 Å². The number of nitrogens with zero attached hydrogens (tertiary/aromatic N) is 2. The van der Waals surface area contributed by atoms with Gasteiger partial charge < -0.3 is 0 Å². The summed E-state index contributed by atoms with van der Waals surface area (Å²) in [7, 11) is 0. The quantitative estimate of drug-likeness (QED) is 0.736. The Bertz CT molecular complexity index is 542. The molecule has 1 aromatic carbocycles. The summed E-state index contributed by atoms with van der Waals surface area (Å²) < 4.78 is 5.46. The zero-order valence-electron chi connectivity index (χ0n) is 9.31. The fourth-order valence-electron chi connectivity index (χ4n) is 2.11. The summed E-state index contributed by atoms with van der Waals surface area (Å²) in [4.78, 5) is 4.67. The van der Waals surface area contributed by atoms with E-state index in [9.17, 15) is 0 Å². The molecule has 2 aromatic rings. The minimum Gasteiger partial charge on any atom is -0.289 e. The molecule has 0 fully saturated rings. The van der Waals surface area contributed by atoms with Gasteiger partial charge in [-0.3, -0.25) is 4.99 Å². The predicted octanol–water partition coefficient (Wildman–Crippen LogP) is 3.52. The van der Waals surface area contributed by atoms with Crippen molar-refractivity contribution in [1.29, 1.82) is 0 Å². The number of hydrogen-bond donors (Lipinski definition) is 0. The molecule has 0 bridgehead atoms. The smallest absolute Gasteiger partial charge is 0.0550 e. The first-order valence-corrected chi connectivity index (χ1v) is 6.48. The first-order chi connectivity index (χ1) is 7.83. The molecule has 0 saturated carbocycles. The largest absolute Gasteiger partial charge is 0.289 e. The van der Waals surface area contributed by atoms with Gasteiger partial charge in [-0.2, -0.15) is 4.37 Å². The van der Waals surface area contributed by atoms with Crippen molar-refractivity contribution in [1.82, 2.24) is 4.37 Å². The lowest BCUT2D eigenvalue weighted by Crippen LogP contribution is -2.14. The average Bonchev–Trinajstić information content (AvgIpc) is 2.77. The third kappa shape index (κ3) is 1.76. The van der Waals surface area contributed by atoms with Gasteiger partial charge in [0, 0.05) is 23.8 Å². The Kier molecular flexibility index (Phi) is 2.48. The summed E-state index contributed by atoms with van der Waals surface area (Å²) in [6, 6.07) is 6.55. The Hall–Kier alpha value is -1.22. The number of aromatic nitrogens is 1. The molecular weight excluding hydrogens is 216 g/mol. The minimum absolute atomic E-state index is 0.746. The maximum atomic E-state index is 4.67. The monoisotopic (exact) mass is 230 g/mol. The molecule has 3 heteroatoms. The fraction of sp³-hybridized carbons (Fsp3) is 0.385. The molecule has 2 heterocycles. The van der Waals surface area contributed by atoms with Gasteiger partial charge >= 0.3 is 0 Å². The van der Waals surface area contributed by atoms with Crippen LogP contribution in [0.15, 0.2) is 29.4 Å². The second-order valence-corrected chi connectivity index (χ2v) is 5.34. The highest BCUT2D eigenvalue weighted by atomic mass is 32.1. The first-order valence-electron chi connectivity index (χ1n) is 5.71. The normalized spacial score (nSPS) is 21.1. The van der Waals surface area contributed by atoms with Gasteiger partial charge in [-0.25, -0.2) is 0 Å². The third-order valence-electron chi connectivity index (χ3n) is 3.15.